The van der Waals surface area contributed by atoms with E-state index in [0.29, 0.717) is 31.4 Å². The van der Waals surface area contributed by atoms with Crippen LogP contribution in [0, 0.1) is 0 Å². The molecule has 1 N–H and O–H groups in total. The van der Waals surface area contributed by atoms with Gasteiger partial charge in [-0.15, -0.1) is 0 Å². The normalized spacial score (nSPS) is 20.2. The number of hydrogen-bond donors (Lipinski definition) is 1. The van der Waals surface area contributed by atoms with Gasteiger partial charge in [-0.3, -0.25) is 9.48 Å². The first-order valence-corrected chi connectivity index (χ1v) is 10.3. The van der Waals surface area contributed by atoms with Gasteiger partial charge >= 0.3 is 0 Å². The summed E-state index contributed by atoms with van der Waals surface area (Å²) in [5, 5.41) is 7.97. The number of piperidine rings is 1. The van der Waals surface area contributed by atoms with E-state index < -0.39 is 0 Å². The summed E-state index contributed by atoms with van der Waals surface area (Å²) in [6, 6.07) is 10.3. The molecule has 0 saturated carbocycles. The summed E-state index contributed by atoms with van der Waals surface area (Å²) in [5.74, 6) is 0.935. The van der Waals surface area contributed by atoms with Gasteiger partial charge in [0.2, 0.25) is 0 Å². The van der Waals surface area contributed by atoms with Gasteiger partial charge < -0.3 is 19.9 Å². The van der Waals surface area contributed by atoms with Crippen LogP contribution in [0.5, 0.6) is 5.75 Å². The highest BCUT2D eigenvalue weighted by Crippen LogP contribution is 2.29. The van der Waals surface area contributed by atoms with Crippen LogP contribution >= 0.6 is 0 Å². The number of nitrogens with one attached hydrogen (secondary N) is 1. The minimum absolute atomic E-state index is 0.0280. The van der Waals surface area contributed by atoms with Crippen LogP contribution in [-0.4, -0.2) is 66.5 Å². The molecule has 7 nitrogen and oxygen atoms in total. The monoisotopic (exact) mass is 383 g/mol. The zero-order valence-electron chi connectivity index (χ0n) is 16.5. The van der Waals surface area contributed by atoms with E-state index in [0.717, 1.165) is 50.5 Å². The fraction of sp³-hybridized carbons (Fsp3) is 0.524. The Kier molecular flexibility index (Phi) is 5.81. The Morgan fingerprint density at radius 2 is 2.04 bits per heavy atom. The molecule has 2 fully saturated rings. The summed E-state index contributed by atoms with van der Waals surface area (Å²) in [5.41, 5.74) is 1.65. The zero-order valence-corrected chi connectivity index (χ0v) is 16.5. The molecular weight excluding hydrogens is 354 g/mol. The van der Waals surface area contributed by atoms with E-state index in [9.17, 15) is 4.79 Å². The van der Waals surface area contributed by atoms with Crippen molar-refractivity contribution in [1.29, 1.82) is 0 Å². The van der Waals surface area contributed by atoms with E-state index in [-0.39, 0.29) is 5.91 Å². The van der Waals surface area contributed by atoms with Crippen molar-refractivity contribution in [3.8, 4) is 5.75 Å². The summed E-state index contributed by atoms with van der Waals surface area (Å²) in [6.45, 7) is 7.61. The van der Waals surface area contributed by atoms with Crippen molar-refractivity contribution in [1.82, 2.24) is 20.0 Å². The van der Waals surface area contributed by atoms with Crippen LogP contribution in [0.2, 0.25) is 0 Å². The lowest BCUT2D eigenvalue weighted by atomic mass is 10.1. The lowest BCUT2D eigenvalue weighted by Crippen LogP contribution is -2.49. The number of hydrogen-bond acceptors (Lipinski definition) is 5. The lowest BCUT2D eigenvalue weighted by molar-refractivity contribution is 0.0739. The molecule has 1 atom stereocenters. The molecule has 3 heterocycles. The Hall–Kier alpha value is -2.54. The highest BCUT2D eigenvalue weighted by Gasteiger charge is 2.26. The Morgan fingerprint density at radius 3 is 2.79 bits per heavy atom. The van der Waals surface area contributed by atoms with Crippen LogP contribution in [0.1, 0.15) is 36.3 Å². The van der Waals surface area contributed by atoms with Gasteiger partial charge in [-0.1, -0.05) is 12.1 Å². The third kappa shape index (κ3) is 3.99. The van der Waals surface area contributed by atoms with E-state index in [1.165, 1.54) is 0 Å². The minimum atomic E-state index is 0.0280. The second-order valence-electron chi connectivity index (χ2n) is 7.36. The number of anilines is 1. The molecule has 2 saturated heterocycles. The fourth-order valence-electron chi connectivity index (χ4n) is 4.02. The molecule has 2 aliphatic heterocycles. The number of carbonyl (C=O) groups is 1. The van der Waals surface area contributed by atoms with Crippen LogP contribution in [0.25, 0.3) is 0 Å². The first kappa shape index (κ1) is 18.8. The third-order valence-corrected chi connectivity index (χ3v) is 5.55. The van der Waals surface area contributed by atoms with E-state index in [1.54, 1.807) is 0 Å². The molecule has 4 rings (SSSR count). The molecule has 1 unspecified atom stereocenters. The predicted octanol–water partition coefficient (Wildman–Crippen LogP) is 2.17. The molecule has 28 heavy (non-hydrogen) atoms. The SMILES string of the molecule is CCOc1ccccc1N1CCN(C(=O)c2ccn(C3CCCNC3)n2)CC1. The molecule has 7 heteroatoms. The van der Waals surface area contributed by atoms with E-state index in [1.807, 2.05) is 47.0 Å². The number of aromatic nitrogens is 2. The van der Waals surface area contributed by atoms with E-state index in [2.05, 4.69) is 21.4 Å². The second kappa shape index (κ2) is 8.65. The van der Waals surface area contributed by atoms with Crippen molar-refractivity contribution in [2.75, 3.05) is 50.8 Å². The Bertz CT molecular complexity index is 792. The van der Waals surface area contributed by atoms with Crippen molar-refractivity contribution in [3.05, 3.63) is 42.2 Å². The number of rotatable bonds is 5. The number of amides is 1. The first-order valence-electron chi connectivity index (χ1n) is 10.3. The molecule has 0 aliphatic carbocycles. The number of piperazine rings is 1. The fourth-order valence-corrected chi connectivity index (χ4v) is 4.02. The maximum absolute atomic E-state index is 12.9. The van der Waals surface area contributed by atoms with Crippen molar-refractivity contribution in [3.63, 3.8) is 0 Å². The van der Waals surface area contributed by atoms with Crippen molar-refractivity contribution in [2.24, 2.45) is 0 Å². The molecule has 0 radical (unpaired) electrons. The van der Waals surface area contributed by atoms with Gasteiger partial charge in [0.1, 0.15) is 11.4 Å². The highest BCUT2D eigenvalue weighted by atomic mass is 16.5. The lowest BCUT2D eigenvalue weighted by Gasteiger charge is -2.36. The van der Waals surface area contributed by atoms with Gasteiger partial charge in [0.25, 0.3) is 5.91 Å². The Balaban J connectivity index is 1.37. The quantitative estimate of drug-likeness (QED) is 0.857. The summed E-state index contributed by atoms with van der Waals surface area (Å²) < 4.78 is 7.71. The number of nitrogens with zero attached hydrogens (tertiary/aromatic N) is 4. The van der Waals surface area contributed by atoms with Crippen LogP contribution in [0.15, 0.2) is 36.5 Å². The smallest absolute Gasteiger partial charge is 0.274 e. The van der Waals surface area contributed by atoms with Gasteiger partial charge in [0.15, 0.2) is 0 Å². The average molecular weight is 383 g/mol. The standard InChI is InChI=1S/C21H29N5O2/c1-2-28-20-8-4-3-7-19(20)24-12-14-25(15-13-24)21(27)18-9-11-26(23-18)17-6-5-10-22-16-17/h3-4,7-9,11,17,22H,2,5-6,10,12-16H2,1H3. The number of benzene rings is 1. The highest BCUT2D eigenvalue weighted by molar-refractivity contribution is 5.92. The molecule has 0 spiro atoms. The molecule has 1 amide bonds. The largest absolute Gasteiger partial charge is 0.492 e. The van der Waals surface area contributed by atoms with Crippen LogP contribution < -0.4 is 15.0 Å². The Morgan fingerprint density at radius 1 is 1.21 bits per heavy atom. The summed E-state index contributed by atoms with van der Waals surface area (Å²) in [6.07, 6.45) is 4.21. The van der Waals surface area contributed by atoms with E-state index in [4.69, 9.17) is 4.74 Å². The van der Waals surface area contributed by atoms with Gasteiger partial charge in [-0.2, -0.15) is 5.10 Å². The molecule has 2 aromatic rings. The van der Waals surface area contributed by atoms with E-state index >= 15 is 0 Å². The van der Waals surface area contributed by atoms with Gasteiger partial charge in [0.05, 0.1) is 18.3 Å². The maximum Gasteiger partial charge on any atom is 0.274 e. The minimum Gasteiger partial charge on any atom is -0.492 e. The molecule has 150 valence electrons. The summed E-state index contributed by atoms with van der Waals surface area (Å²) in [7, 11) is 0. The van der Waals surface area contributed by atoms with Crippen molar-refractivity contribution < 1.29 is 9.53 Å². The summed E-state index contributed by atoms with van der Waals surface area (Å²) in [4.78, 5) is 17.1. The van der Waals surface area contributed by atoms with Crippen molar-refractivity contribution in [2.45, 2.75) is 25.8 Å². The first-order chi connectivity index (χ1) is 13.8. The zero-order chi connectivity index (χ0) is 19.3. The van der Waals surface area contributed by atoms with Crippen LogP contribution in [0.4, 0.5) is 5.69 Å². The third-order valence-electron chi connectivity index (χ3n) is 5.55. The predicted molar refractivity (Wildman–Crippen MR) is 109 cm³/mol. The Labute approximate surface area is 166 Å². The molecule has 1 aromatic heterocycles. The van der Waals surface area contributed by atoms with Crippen LogP contribution in [0.3, 0.4) is 0 Å². The molecule has 1 aromatic carbocycles. The van der Waals surface area contributed by atoms with Gasteiger partial charge in [0, 0.05) is 38.9 Å². The topological polar surface area (TPSA) is 62.6 Å². The molecular formula is C21H29N5O2. The van der Waals surface area contributed by atoms with Gasteiger partial charge in [-0.05, 0) is 44.5 Å². The molecule has 0 bridgehead atoms. The number of ether oxygens (including phenoxy) is 1. The average Bonchev–Trinajstić information content (AvgIpc) is 3.25. The van der Waals surface area contributed by atoms with Gasteiger partial charge in [-0.25, -0.2) is 0 Å². The van der Waals surface area contributed by atoms with Crippen LogP contribution in [-0.2, 0) is 0 Å². The number of carbonyl (C=O) groups excluding carboxylic acids is 1. The summed E-state index contributed by atoms with van der Waals surface area (Å²) >= 11 is 0. The maximum atomic E-state index is 12.9. The second-order valence-corrected chi connectivity index (χ2v) is 7.36. The molecule has 2 aliphatic rings. The number of para-hydroxylation sites is 2. The van der Waals surface area contributed by atoms with Crippen molar-refractivity contribution >= 4 is 11.6 Å².